The molecule has 0 N–H and O–H groups in total. The number of likely N-dealkylation sites (N-methyl/N-ethyl adjacent to an activating group) is 1. The van der Waals surface area contributed by atoms with Gasteiger partial charge < -0.3 is 9.80 Å². The minimum Gasteiger partial charge on any atom is -0.369 e. The summed E-state index contributed by atoms with van der Waals surface area (Å²) < 4.78 is 29.8. The number of alkyl halides is 3. The number of halogens is 4. The number of nitrogens with zero attached hydrogens (tertiary/aromatic N) is 2. The van der Waals surface area contributed by atoms with Crippen molar-refractivity contribution in [3.63, 3.8) is 0 Å². The summed E-state index contributed by atoms with van der Waals surface area (Å²) in [6.07, 6.45) is 7.44. The number of carbonyl (C=O) groups excluding carboxylic acids is 1. The first-order chi connectivity index (χ1) is 15.4. The topological polar surface area (TPSA) is 23.6 Å². The van der Waals surface area contributed by atoms with Crippen LogP contribution in [0.5, 0.6) is 0 Å². The van der Waals surface area contributed by atoms with E-state index in [0.29, 0.717) is 14.4 Å². The van der Waals surface area contributed by atoms with E-state index in [2.05, 4.69) is 42.7 Å². The highest BCUT2D eigenvalue weighted by atomic mass is 35.5. The molecule has 0 spiro atoms. The van der Waals surface area contributed by atoms with Crippen molar-refractivity contribution in [1.82, 2.24) is 4.90 Å². The van der Waals surface area contributed by atoms with Gasteiger partial charge in [0.15, 0.2) is 5.78 Å². The molecular weight excluding hydrogens is 437 g/mol. The van der Waals surface area contributed by atoms with Crippen LogP contribution in [0.2, 0.25) is 5.02 Å². The first-order valence-corrected chi connectivity index (χ1v) is 11.8. The van der Waals surface area contributed by atoms with E-state index in [0.717, 1.165) is 43.7 Å². The third kappa shape index (κ3) is 15.5. The van der Waals surface area contributed by atoms with E-state index in [1.54, 1.807) is 0 Å². The lowest BCUT2D eigenvalue weighted by Crippen LogP contribution is -2.46. The Bertz CT molecular complexity index is 576. The number of hydrogen-bond acceptors (Lipinski definition) is 3. The molecule has 188 valence electrons. The average Bonchev–Trinajstić information content (AvgIpc) is 2.84. The molecule has 1 aliphatic heterocycles. The van der Waals surface area contributed by atoms with Gasteiger partial charge in [0, 0.05) is 36.9 Å². The van der Waals surface area contributed by atoms with E-state index in [-0.39, 0.29) is 0 Å². The van der Waals surface area contributed by atoms with Gasteiger partial charge in [0.2, 0.25) is 0 Å². The molecular formula is C25H44ClF3N2O. The fraction of sp³-hybridized carbons (Fsp3) is 0.720. The zero-order chi connectivity index (χ0) is 24.9. The lowest BCUT2D eigenvalue weighted by Gasteiger charge is -2.36. The summed E-state index contributed by atoms with van der Waals surface area (Å²) in [5.41, 5.74) is 2.61. The van der Waals surface area contributed by atoms with E-state index < -0.39 is 12.5 Å². The molecule has 2 fully saturated rings. The van der Waals surface area contributed by atoms with E-state index in [1.165, 1.54) is 50.3 Å². The van der Waals surface area contributed by atoms with Gasteiger partial charge in [-0.25, -0.2) is 4.39 Å². The van der Waals surface area contributed by atoms with Crippen LogP contribution in [0.25, 0.3) is 0 Å². The van der Waals surface area contributed by atoms with Crippen LogP contribution in [0.3, 0.4) is 0 Å². The second-order valence-corrected chi connectivity index (χ2v) is 8.37. The van der Waals surface area contributed by atoms with Crippen LogP contribution in [-0.4, -0.2) is 64.4 Å². The number of anilines is 1. The third-order valence-electron chi connectivity index (χ3n) is 5.41. The molecule has 1 aromatic carbocycles. The second-order valence-electron chi connectivity index (χ2n) is 7.93. The Morgan fingerprint density at radius 3 is 1.91 bits per heavy atom. The van der Waals surface area contributed by atoms with Crippen molar-refractivity contribution in [1.29, 1.82) is 0 Å². The highest BCUT2D eigenvalue weighted by Crippen LogP contribution is 2.25. The predicted molar refractivity (Wildman–Crippen MR) is 133 cm³/mol. The van der Waals surface area contributed by atoms with Crippen molar-refractivity contribution >= 4 is 23.1 Å². The van der Waals surface area contributed by atoms with E-state index in [4.69, 9.17) is 11.6 Å². The molecule has 0 radical (unpaired) electrons. The Labute approximate surface area is 199 Å². The maximum Gasteiger partial charge on any atom is 0.160 e. The summed E-state index contributed by atoms with van der Waals surface area (Å²) in [6, 6.07) is 6.14. The summed E-state index contributed by atoms with van der Waals surface area (Å²) >= 11 is 6.05. The Morgan fingerprint density at radius 1 is 1.03 bits per heavy atom. The van der Waals surface area contributed by atoms with Crippen LogP contribution in [-0.2, 0) is 4.79 Å². The van der Waals surface area contributed by atoms with Crippen molar-refractivity contribution < 1.29 is 18.0 Å². The van der Waals surface area contributed by atoms with Gasteiger partial charge >= 0.3 is 0 Å². The van der Waals surface area contributed by atoms with Crippen molar-refractivity contribution in [3.05, 3.63) is 28.8 Å². The highest BCUT2D eigenvalue weighted by molar-refractivity contribution is 6.30. The number of hydrogen-bond donors (Lipinski definition) is 0. The molecule has 0 atom stereocenters. The van der Waals surface area contributed by atoms with Crippen LogP contribution < -0.4 is 4.90 Å². The highest BCUT2D eigenvalue weighted by Gasteiger charge is 2.17. The number of benzene rings is 1. The first kappa shape index (κ1) is 32.9. The first-order valence-electron chi connectivity index (χ1n) is 11.4. The smallest absolute Gasteiger partial charge is 0.160 e. The monoisotopic (exact) mass is 480 g/mol. The molecule has 7 heteroatoms. The third-order valence-corrected chi connectivity index (χ3v) is 5.65. The molecule has 1 aromatic rings. The summed E-state index contributed by atoms with van der Waals surface area (Å²) in [4.78, 5) is 14.4. The van der Waals surface area contributed by atoms with E-state index in [9.17, 15) is 18.0 Å². The minimum absolute atomic E-state index is 0.412. The van der Waals surface area contributed by atoms with Gasteiger partial charge in [0.1, 0.15) is 6.67 Å². The van der Waals surface area contributed by atoms with Crippen LogP contribution >= 0.6 is 11.6 Å². The molecule has 1 saturated heterocycles. The number of ketones is 1. The molecule has 2 aliphatic rings. The molecule has 0 bridgehead atoms. The maximum atomic E-state index is 10.8. The van der Waals surface area contributed by atoms with Gasteiger partial charge in [-0.3, -0.25) is 13.6 Å². The molecule has 1 heterocycles. The minimum atomic E-state index is -0.833. The Hall–Kier alpha value is -1.27. The Balaban J connectivity index is 0. The molecule has 0 unspecified atom stereocenters. The van der Waals surface area contributed by atoms with Crippen LogP contribution in [0.4, 0.5) is 18.9 Å². The van der Waals surface area contributed by atoms with Crippen molar-refractivity contribution in [2.45, 2.75) is 59.8 Å². The summed E-state index contributed by atoms with van der Waals surface area (Å²) in [5, 5.41) is 0.832. The molecule has 0 amide bonds. The van der Waals surface area contributed by atoms with Gasteiger partial charge in [0.05, 0.1) is 14.4 Å². The molecule has 3 nitrogen and oxygen atoms in total. The lowest BCUT2D eigenvalue weighted by molar-refractivity contribution is -0.117. The molecule has 0 aromatic heterocycles. The summed E-state index contributed by atoms with van der Waals surface area (Å²) in [7, 11) is 1.00. The van der Waals surface area contributed by atoms with E-state index in [1.807, 2.05) is 6.07 Å². The number of aryl methyl sites for hydroxylation is 1. The average molecular weight is 481 g/mol. The standard InChI is InChI=1S/C13H19ClN2.C7H14.C3H5FO.2CH3F/c1-3-15-6-8-16(9-7-15)13-10-12(14)5-4-11(13)2;1-7-5-3-2-4-6-7;1-3(5)2-4;2*1-2/h4-5,10H,3,6-9H2,1-2H3;7H,2-6H2,1H3;2H2,1H3;2*1H3. The van der Waals surface area contributed by atoms with E-state index >= 15 is 0 Å². The summed E-state index contributed by atoms with van der Waals surface area (Å²) in [6.45, 7) is 12.8. The quantitative estimate of drug-likeness (QED) is 0.461. The molecule has 1 saturated carbocycles. The fourth-order valence-electron chi connectivity index (χ4n) is 3.53. The predicted octanol–water partition coefficient (Wildman–Crippen LogP) is 7.09. The van der Waals surface area contributed by atoms with Gasteiger partial charge in [-0.2, -0.15) is 0 Å². The van der Waals surface area contributed by atoms with Crippen LogP contribution in [0.1, 0.15) is 58.4 Å². The Morgan fingerprint density at radius 2 is 1.53 bits per heavy atom. The van der Waals surface area contributed by atoms with Gasteiger partial charge in [0.25, 0.3) is 0 Å². The van der Waals surface area contributed by atoms with Crippen molar-refractivity contribution in [2.75, 3.05) is 58.7 Å². The molecule has 1 aliphatic carbocycles. The summed E-state index contributed by atoms with van der Waals surface area (Å²) in [5.74, 6) is 0.624. The fourth-order valence-corrected chi connectivity index (χ4v) is 3.70. The van der Waals surface area contributed by atoms with Gasteiger partial charge in [-0.15, -0.1) is 0 Å². The SMILES string of the molecule is CC(=O)CF.CC1CCCCC1.CCN1CCN(c2cc(Cl)ccc2C)CC1.CF.CF. The normalized spacial score (nSPS) is 16.0. The number of Topliss-reactive ketones (excluding diaryl/α,β-unsaturated/α-hetero) is 1. The number of rotatable bonds is 3. The maximum absolute atomic E-state index is 10.8. The van der Waals surface area contributed by atoms with Crippen molar-refractivity contribution in [3.8, 4) is 0 Å². The Kier molecular flexibility index (Phi) is 22.2. The van der Waals surface area contributed by atoms with Crippen molar-refractivity contribution in [2.24, 2.45) is 5.92 Å². The van der Waals surface area contributed by atoms with Gasteiger partial charge in [-0.1, -0.05) is 63.6 Å². The zero-order valence-electron chi connectivity index (χ0n) is 20.9. The number of carbonyl (C=O) groups is 1. The van der Waals surface area contributed by atoms with Crippen LogP contribution in [0, 0.1) is 12.8 Å². The largest absolute Gasteiger partial charge is 0.369 e. The molecule has 3 rings (SSSR count). The number of piperazine rings is 1. The molecule has 32 heavy (non-hydrogen) atoms. The van der Waals surface area contributed by atoms with Gasteiger partial charge in [-0.05, 0) is 44.0 Å². The second kappa shape index (κ2) is 21.6. The van der Waals surface area contributed by atoms with Crippen LogP contribution in [0.15, 0.2) is 18.2 Å². The zero-order valence-corrected chi connectivity index (χ0v) is 21.7. The lowest BCUT2D eigenvalue weighted by atomic mass is 9.91.